The Morgan fingerprint density at radius 2 is 2.04 bits per heavy atom. The van der Waals surface area contributed by atoms with E-state index in [2.05, 4.69) is 31.3 Å². The van der Waals surface area contributed by atoms with Gasteiger partial charge in [-0.3, -0.25) is 0 Å². The van der Waals surface area contributed by atoms with Crippen LogP contribution in [0.3, 0.4) is 0 Å². The molecule has 1 aliphatic heterocycles. The molecule has 0 aromatic heterocycles. The third-order valence-corrected chi connectivity index (χ3v) is 6.57. The molecule has 1 aromatic carbocycles. The normalized spacial score (nSPS) is 19.1. The molecule has 2 rings (SSSR count). The molecule has 7 heteroatoms. The van der Waals surface area contributed by atoms with Crippen molar-refractivity contribution in [1.82, 2.24) is 4.90 Å². The number of nitrogens with one attached hydrogen (secondary N) is 1. The summed E-state index contributed by atoms with van der Waals surface area (Å²) in [4.78, 5) is 2.01. The van der Waals surface area contributed by atoms with Gasteiger partial charge in [-0.15, -0.1) is 0 Å². The molecule has 0 unspecified atom stereocenters. The molecule has 5 nitrogen and oxygen atoms in total. The van der Waals surface area contributed by atoms with E-state index in [1.54, 1.807) is 7.11 Å². The van der Waals surface area contributed by atoms with Gasteiger partial charge in [-0.1, -0.05) is 26.0 Å². The Kier molecular flexibility index (Phi) is 7.22. The van der Waals surface area contributed by atoms with Crippen molar-refractivity contribution in [2.24, 2.45) is 0 Å². The molecule has 1 aromatic rings. The van der Waals surface area contributed by atoms with Crippen LogP contribution in [0.4, 0.5) is 5.69 Å². The van der Waals surface area contributed by atoms with Gasteiger partial charge in [0, 0.05) is 32.0 Å². The smallest absolute Gasteiger partial charge is 0.173 e. The molecule has 1 fully saturated rings. The third-order valence-electron chi connectivity index (χ3n) is 4.49. The molecule has 1 aliphatic rings. The van der Waals surface area contributed by atoms with Gasteiger partial charge in [0.1, 0.15) is 0 Å². The molecular weight excluding hydrogens is 356 g/mol. The number of hydrogen-bond donors (Lipinski definition) is 1. The summed E-state index contributed by atoms with van der Waals surface area (Å²) in [5.41, 5.74) is 2.20. The zero-order valence-corrected chi connectivity index (χ0v) is 16.8. The Morgan fingerprint density at radius 1 is 1.36 bits per heavy atom. The van der Waals surface area contributed by atoms with Crippen LogP contribution in [0.5, 0.6) is 0 Å². The van der Waals surface area contributed by atoms with E-state index in [4.69, 9.17) is 17.0 Å². The number of ether oxygens (including phenoxy) is 1. The van der Waals surface area contributed by atoms with Crippen LogP contribution in [0.2, 0.25) is 0 Å². The first kappa shape index (κ1) is 20.1. The Hall–Kier alpha value is -1.18. The molecule has 0 bridgehead atoms. The topological polar surface area (TPSA) is 58.6 Å². The minimum Gasteiger partial charge on any atom is -0.385 e. The van der Waals surface area contributed by atoms with Crippen LogP contribution in [0.15, 0.2) is 24.3 Å². The van der Waals surface area contributed by atoms with Crippen LogP contribution in [-0.2, 0) is 14.6 Å². The van der Waals surface area contributed by atoms with E-state index in [1.165, 1.54) is 5.56 Å². The summed E-state index contributed by atoms with van der Waals surface area (Å²) < 4.78 is 28.8. The van der Waals surface area contributed by atoms with E-state index in [0.29, 0.717) is 30.6 Å². The number of methoxy groups -OCH3 is 1. The van der Waals surface area contributed by atoms with E-state index >= 15 is 0 Å². The third kappa shape index (κ3) is 5.94. The fraction of sp³-hybridized carbons (Fsp3) is 0.611. The second-order valence-corrected chi connectivity index (χ2v) is 9.42. The predicted molar refractivity (Wildman–Crippen MR) is 107 cm³/mol. The summed E-state index contributed by atoms with van der Waals surface area (Å²) in [6.45, 7) is 5.63. The van der Waals surface area contributed by atoms with Gasteiger partial charge in [0.05, 0.1) is 11.5 Å². The van der Waals surface area contributed by atoms with Crippen molar-refractivity contribution in [3.05, 3.63) is 29.8 Å². The highest BCUT2D eigenvalue weighted by Gasteiger charge is 2.33. The minimum atomic E-state index is -2.95. The lowest BCUT2D eigenvalue weighted by Gasteiger charge is -2.31. The van der Waals surface area contributed by atoms with E-state index in [1.807, 2.05) is 17.0 Å². The first-order valence-corrected chi connectivity index (χ1v) is 10.9. The van der Waals surface area contributed by atoms with Gasteiger partial charge in [-0.05, 0) is 48.7 Å². The largest absolute Gasteiger partial charge is 0.385 e. The Bertz CT molecular complexity index is 672. The fourth-order valence-electron chi connectivity index (χ4n) is 3.00. The number of nitrogens with zero attached hydrogens (tertiary/aromatic N) is 1. The van der Waals surface area contributed by atoms with Gasteiger partial charge < -0.3 is 15.0 Å². The second-order valence-electron chi connectivity index (χ2n) is 6.80. The maximum Gasteiger partial charge on any atom is 0.173 e. The fourth-order valence-corrected chi connectivity index (χ4v) is 5.09. The van der Waals surface area contributed by atoms with Crippen molar-refractivity contribution < 1.29 is 13.2 Å². The summed E-state index contributed by atoms with van der Waals surface area (Å²) in [5, 5.41) is 3.84. The van der Waals surface area contributed by atoms with Gasteiger partial charge in [-0.25, -0.2) is 8.42 Å². The van der Waals surface area contributed by atoms with E-state index in [-0.39, 0.29) is 17.5 Å². The van der Waals surface area contributed by atoms with E-state index in [9.17, 15) is 8.42 Å². The molecule has 0 amide bonds. The first-order valence-electron chi connectivity index (χ1n) is 8.69. The van der Waals surface area contributed by atoms with E-state index in [0.717, 1.165) is 12.1 Å². The van der Waals surface area contributed by atoms with Crippen molar-refractivity contribution in [3.8, 4) is 0 Å². The van der Waals surface area contributed by atoms with Crippen LogP contribution in [0.25, 0.3) is 0 Å². The molecule has 1 heterocycles. The Morgan fingerprint density at radius 3 is 2.56 bits per heavy atom. The molecule has 1 saturated heterocycles. The standard InChI is InChI=1S/C18H28N2O3S2/c1-14(2)15-5-7-16(8-6-15)19-18(24)20(10-4-11-23-3)17-9-12-25(21,22)13-17/h5-8,14,17H,4,9-13H2,1-3H3,(H,19,24)/t17-/m0/s1. The van der Waals surface area contributed by atoms with Gasteiger partial charge in [0.25, 0.3) is 0 Å². The van der Waals surface area contributed by atoms with Crippen LogP contribution in [0.1, 0.15) is 38.2 Å². The van der Waals surface area contributed by atoms with Crippen LogP contribution in [0, 0.1) is 0 Å². The first-order chi connectivity index (χ1) is 11.8. The minimum absolute atomic E-state index is 0.0585. The zero-order valence-electron chi connectivity index (χ0n) is 15.2. The summed E-state index contributed by atoms with van der Waals surface area (Å²) >= 11 is 5.58. The maximum atomic E-state index is 11.8. The molecule has 1 atom stereocenters. The average molecular weight is 385 g/mol. The highest BCUT2D eigenvalue weighted by molar-refractivity contribution is 7.91. The highest BCUT2D eigenvalue weighted by atomic mass is 32.2. The van der Waals surface area contributed by atoms with Crippen molar-refractivity contribution in [3.63, 3.8) is 0 Å². The Balaban J connectivity index is 2.06. The zero-order chi connectivity index (χ0) is 18.4. The molecule has 0 aliphatic carbocycles. The van der Waals surface area contributed by atoms with Crippen molar-refractivity contribution in [2.75, 3.05) is 37.1 Å². The molecule has 0 saturated carbocycles. The average Bonchev–Trinajstić information content (AvgIpc) is 2.91. The number of benzene rings is 1. The number of thiocarbonyl (C=S) groups is 1. The Labute approximate surface area is 156 Å². The predicted octanol–water partition coefficient (Wildman–Crippen LogP) is 3.03. The van der Waals surface area contributed by atoms with Crippen molar-refractivity contribution in [1.29, 1.82) is 0 Å². The summed E-state index contributed by atoms with van der Waals surface area (Å²) in [6.07, 6.45) is 1.44. The second kappa shape index (κ2) is 8.96. The van der Waals surface area contributed by atoms with Gasteiger partial charge in [0.15, 0.2) is 14.9 Å². The summed E-state index contributed by atoms with van der Waals surface area (Å²) in [5.74, 6) is 0.897. The molecule has 140 valence electrons. The lowest BCUT2D eigenvalue weighted by Crippen LogP contribution is -2.44. The summed E-state index contributed by atoms with van der Waals surface area (Å²) in [7, 11) is -1.29. The lowest BCUT2D eigenvalue weighted by atomic mass is 10.0. The maximum absolute atomic E-state index is 11.8. The van der Waals surface area contributed by atoms with Crippen molar-refractivity contribution in [2.45, 2.75) is 38.6 Å². The van der Waals surface area contributed by atoms with E-state index < -0.39 is 9.84 Å². The number of anilines is 1. The lowest BCUT2D eigenvalue weighted by molar-refractivity contribution is 0.181. The molecule has 1 N–H and O–H groups in total. The van der Waals surface area contributed by atoms with Crippen LogP contribution in [-0.4, -0.2) is 56.2 Å². The highest BCUT2D eigenvalue weighted by Crippen LogP contribution is 2.21. The molecule has 25 heavy (non-hydrogen) atoms. The SMILES string of the molecule is COCCCN(C(=S)Nc1ccc(C(C)C)cc1)[C@H]1CCS(=O)(=O)C1. The van der Waals surface area contributed by atoms with Gasteiger partial charge in [0.2, 0.25) is 0 Å². The molecule has 0 radical (unpaired) electrons. The summed E-state index contributed by atoms with van der Waals surface area (Å²) in [6, 6.07) is 8.15. The van der Waals surface area contributed by atoms with Gasteiger partial charge in [-0.2, -0.15) is 0 Å². The number of sulfone groups is 1. The number of rotatable bonds is 7. The van der Waals surface area contributed by atoms with Crippen LogP contribution < -0.4 is 5.32 Å². The number of hydrogen-bond acceptors (Lipinski definition) is 4. The van der Waals surface area contributed by atoms with Crippen LogP contribution >= 0.6 is 12.2 Å². The molecule has 0 spiro atoms. The van der Waals surface area contributed by atoms with Gasteiger partial charge >= 0.3 is 0 Å². The van der Waals surface area contributed by atoms with Crippen molar-refractivity contribution >= 4 is 32.9 Å². The monoisotopic (exact) mass is 384 g/mol. The molecular formula is C18H28N2O3S2. The quantitative estimate of drug-likeness (QED) is 0.576.